The number of hydrogen-bond donors (Lipinski definition) is 1. The number of ether oxygens (including phenoxy) is 1. The summed E-state index contributed by atoms with van der Waals surface area (Å²) in [6, 6.07) is 11.9. The standard InChI is InChI=1S/C18H17Cl2NO3/c1-11(2)15-5-3-4-6-16(15)21-17(22)10-24-18(23)12-7-13(19)9-14(20)8-12/h3-9,11H,10H2,1-2H3,(H,21,22). The summed E-state index contributed by atoms with van der Waals surface area (Å²) >= 11 is 11.7. The lowest BCUT2D eigenvalue weighted by Gasteiger charge is -2.13. The lowest BCUT2D eigenvalue weighted by atomic mass is 10.0. The Morgan fingerprint density at radius 1 is 1.08 bits per heavy atom. The Hall–Kier alpha value is -2.04. The maximum atomic E-state index is 12.0. The third-order valence-electron chi connectivity index (χ3n) is 3.29. The predicted octanol–water partition coefficient (Wildman–Crippen LogP) is 4.91. The molecule has 0 unspecified atom stereocenters. The van der Waals surface area contributed by atoms with E-state index >= 15 is 0 Å². The van der Waals surface area contributed by atoms with Crippen molar-refractivity contribution in [3.05, 3.63) is 63.6 Å². The van der Waals surface area contributed by atoms with Gasteiger partial charge < -0.3 is 10.1 Å². The van der Waals surface area contributed by atoms with Gasteiger partial charge in [-0.1, -0.05) is 55.2 Å². The molecule has 24 heavy (non-hydrogen) atoms. The summed E-state index contributed by atoms with van der Waals surface area (Å²) in [7, 11) is 0. The number of halogens is 2. The zero-order valence-corrected chi connectivity index (χ0v) is 14.8. The van der Waals surface area contributed by atoms with E-state index in [0.29, 0.717) is 15.7 Å². The SMILES string of the molecule is CC(C)c1ccccc1NC(=O)COC(=O)c1cc(Cl)cc(Cl)c1. The Kier molecular flexibility index (Phi) is 6.23. The number of para-hydroxylation sites is 1. The van der Waals surface area contributed by atoms with Crippen molar-refractivity contribution in [2.75, 3.05) is 11.9 Å². The van der Waals surface area contributed by atoms with Gasteiger partial charge in [0, 0.05) is 15.7 Å². The second-order valence-electron chi connectivity index (χ2n) is 5.52. The monoisotopic (exact) mass is 365 g/mol. The number of benzene rings is 2. The summed E-state index contributed by atoms with van der Waals surface area (Å²) in [4.78, 5) is 24.0. The zero-order valence-electron chi connectivity index (χ0n) is 13.3. The summed E-state index contributed by atoms with van der Waals surface area (Å²) < 4.78 is 5.00. The number of carbonyl (C=O) groups excluding carboxylic acids is 2. The van der Waals surface area contributed by atoms with Crippen LogP contribution < -0.4 is 5.32 Å². The smallest absolute Gasteiger partial charge is 0.338 e. The molecule has 0 aliphatic rings. The molecule has 0 aromatic heterocycles. The Labute approximate surface area is 150 Å². The van der Waals surface area contributed by atoms with Crippen LogP contribution >= 0.6 is 23.2 Å². The first kappa shape index (κ1) is 18.3. The van der Waals surface area contributed by atoms with Crippen LogP contribution in [0.2, 0.25) is 10.0 Å². The highest BCUT2D eigenvalue weighted by Crippen LogP contribution is 2.23. The molecule has 0 atom stereocenters. The molecule has 0 fully saturated rings. The minimum absolute atomic E-state index is 0.197. The summed E-state index contributed by atoms with van der Waals surface area (Å²) in [6.07, 6.45) is 0. The molecule has 2 aromatic carbocycles. The van der Waals surface area contributed by atoms with Crippen molar-refractivity contribution in [2.24, 2.45) is 0 Å². The molecule has 4 nitrogen and oxygen atoms in total. The molecule has 0 bridgehead atoms. The molecule has 126 valence electrons. The van der Waals surface area contributed by atoms with Crippen molar-refractivity contribution in [3.8, 4) is 0 Å². The number of amides is 1. The highest BCUT2D eigenvalue weighted by atomic mass is 35.5. The molecule has 0 saturated heterocycles. The van der Waals surface area contributed by atoms with Crippen LogP contribution in [-0.4, -0.2) is 18.5 Å². The van der Waals surface area contributed by atoms with Gasteiger partial charge in [-0.05, 0) is 35.7 Å². The van der Waals surface area contributed by atoms with Gasteiger partial charge in [0.05, 0.1) is 5.56 Å². The van der Waals surface area contributed by atoms with Gasteiger partial charge in [-0.2, -0.15) is 0 Å². The molecule has 1 amide bonds. The Bertz CT molecular complexity index is 739. The first-order valence-electron chi connectivity index (χ1n) is 7.39. The van der Waals surface area contributed by atoms with E-state index in [0.717, 1.165) is 5.56 Å². The quantitative estimate of drug-likeness (QED) is 0.765. The predicted molar refractivity (Wildman–Crippen MR) is 95.9 cm³/mol. The van der Waals surface area contributed by atoms with Crippen LogP contribution in [0.3, 0.4) is 0 Å². The molecule has 0 aliphatic carbocycles. The molecular formula is C18H17Cl2NO3. The molecule has 2 rings (SSSR count). The van der Waals surface area contributed by atoms with E-state index in [4.69, 9.17) is 27.9 Å². The molecule has 6 heteroatoms. The molecule has 0 heterocycles. The van der Waals surface area contributed by atoms with Crippen LogP contribution in [0.15, 0.2) is 42.5 Å². The average molecular weight is 366 g/mol. The van der Waals surface area contributed by atoms with Crippen molar-refractivity contribution in [1.82, 2.24) is 0 Å². The molecule has 1 N–H and O–H groups in total. The topological polar surface area (TPSA) is 55.4 Å². The van der Waals surface area contributed by atoms with E-state index in [2.05, 4.69) is 5.32 Å². The molecule has 0 aliphatic heterocycles. The van der Waals surface area contributed by atoms with Crippen molar-refractivity contribution in [3.63, 3.8) is 0 Å². The van der Waals surface area contributed by atoms with Crippen LogP contribution in [0.4, 0.5) is 5.69 Å². The zero-order chi connectivity index (χ0) is 17.7. The summed E-state index contributed by atoms with van der Waals surface area (Å²) in [6.45, 7) is 3.68. The first-order valence-corrected chi connectivity index (χ1v) is 8.14. The van der Waals surface area contributed by atoms with Crippen LogP contribution in [-0.2, 0) is 9.53 Å². The molecule has 2 aromatic rings. The van der Waals surface area contributed by atoms with Crippen LogP contribution in [0.5, 0.6) is 0 Å². The normalized spacial score (nSPS) is 10.5. The van der Waals surface area contributed by atoms with E-state index in [-0.39, 0.29) is 11.5 Å². The Morgan fingerprint density at radius 3 is 2.33 bits per heavy atom. The van der Waals surface area contributed by atoms with Crippen molar-refractivity contribution >= 4 is 40.8 Å². The van der Waals surface area contributed by atoms with Gasteiger partial charge in [-0.25, -0.2) is 4.79 Å². The minimum Gasteiger partial charge on any atom is -0.452 e. The second-order valence-corrected chi connectivity index (χ2v) is 6.40. The second kappa shape index (κ2) is 8.18. The highest BCUT2D eigenvalue weighted by Gasteiger charge is 2.13. The first-order chi connectivity index (χ1) is 11.4. The van der Waals surface area contributed by atoms with E-state index in [1.165, 1.54) is 18.2 Å². The fourth-order valence-electron chi connectivity index (χ4n) is 2.19. The van der Waals surface area contributed by atoms with Crippen molar-refractivity contribution < 1.29 is 14.3 Å². The summed E-state index contributed by atoms with van der Waals surface area (Å²) in [5.74, 6) is -0.811. The number of rotatable bonds is 5. The van der Waals surface area contributed by atoms with Gasteiger partial charge in [0.2, 0.25) is 0 Å². The summed E-state index contributed by atoms with van der Waals surface area (Å²) in [5.41, 5.74) is 1.92. The lowest BCUT2D eigenvalue weighted by Crippen LogP contribution is -2.21. The van der Waals surface area contributed by atoms with E-state index < -0.39 is 18.5 Å². The van der Waals surface area contributed by atoms with E-state index in [9.17, 15) is 9.59 Å². The fourth-order valence-corrected chi connectivity index (χ4v) is 2.71. The van der Waals surface area contributed by atoms with Gasteiger partial charge in [-0.3, -0.25) is 4.79 Å². The van der Waals surface area contributed by atoms with Crippen LogP contribution in [0.25, 0.3) is 0 Å². The fraction of sp³-hybridized carbons (Fsp3) is 0.222. The highest BCUT2D eigenvalue weighted by molar-refractivity contribution is 6.35. The van der Waals surface area contributed by atoms with Gasteiger partial charge in [0.25, 0.3) is 5.91 Å². The van der Waals surface area contributed by atoms with Gasteiger partial charge in [0.15, 0.2) is 6.61 Å². The van der Waals surface area contributed by atoms with Crippen molar-refractivity contribution in [1.29, 1.82) is 0 Å². The van der Waals surface area contributed by atoms with Gasteiger partial charge in [0.1, 0.15) is 0 Å². The molecule has 0 saturated carbocycles. The summed E-state index contributed by atoms with van der Waals surface area (Å²) in [5, 5.41) is 3.40. The molecular weight excluding hydrogens is 349 g/mol. The largest absolute Gasteiger partial charge is 0.452 e. The molecule has 0 radical (unpaired) electrons. The number of anilines is 1. The van der Waals surface area contributed by atoms with Gasteiger partial charge >= 0.3 is 5.97 Å². The number of esters is 1. The Morgan fingerprint density at radius 2 is 1.71 bits per heavy atom. The minimum atomic E-state index is -0.660. The lowest BCUT2D eigenvalue weighted by molar-refractivity contribution is -0.119. The number of hydrogen-bond acceptors (Lipinski definition) is 3. The van der Waals surface area contributed by atoms with Crippen molar-refractivity contribution in [2.45, 2.75) is 19.8 Å². The van der Waals surface area contributed by atoms with E-state index in [1.54, 1.807) is 0 Å². The Balaban J connectivity index is 1.97. The third kappa shape index (κ3) is 4.98. The number of carbonyl (C=O) groups is 2. The maximum Gasteiger partial charge on any atom is 0.338 e. The van der Waals surface area contributed by atoms with Crippen LogP contribution in [0.1, 0.15) is 35.7 Å². The van der Waals surface area contributed by atoms with Gasteiger partial charge in [-0.15, -0.1) is 0 Å². The maximum absolute atomic E-state index is 12.0. The van der Waals surface area contributed by atoms with Crippen LogP contribution in [0, 0.1) is 0 Å². The average Bonchev–Trinajstić information content (AvgIpc) is 2.52. The van der Waals surface area contributed by atoms with E-state index in [1.807, 2.05) is 38.1 Å². The molecule has 0 spiro atoms. The third-order valence-corrected chi connectivity index (χ3v) is 3.73. The number of nitrogens with one attached hydrogen (secondary N) is 1.